The van der Waals surface area contributed by atoms with Crippen LogP contribution < -0.4 is 0 Å². The van der Waals surface area contributed by atoms with Gasteiger partial charge < -0.3 is 4.74 Å². The fraction of sp³-hybridized carbons (Fsp3) is 0.970. The number of hydrogen-bond acceptors (Lipinski definition) is 2. The van der Waals surface area contributed by atoms with Crippen LogP contribution in [0.3, 0.4) is 0 Å². The number of carbonyl (C=O) groups excluding carboxylic acids is 1. The maximum atomic E-state index is 11.9. The highest BCUT2D eigenvalue weighted by molar-refractivity contribution is 5.69. The molecule has 0 heterocycles. The maximum Gasteiger partial charge on any atom is 0.305 e. The van der Waals surface area contributed by atoms with Gasteiger partial charge in [-0.05, 0) is 18.8 Å². The van der Waals surface area contributed by atoms with E-state index < -0.39 is 0 Å². The Morgan fingerprint density at radius 2 is 0.829 bits per heavy atom. The molecule has 0 aliphatic heterocycles. The van der Waals surface area contributed by atoms with Crippen molar-refractivity contribution in [1.29, 1.82) is 0 Å². The van der Waals surface area contributed by atoms with Gasteiger partial charge in [0.1, 0.15) is 0 Å². The van der Waals surface area contributed by atoms with Gasteiger partial charge in [-0.1, -0.05) is 175 Å². The van der Waals surface area contributed by atoms with E-state index in [9.17, 15) is 4.79 Å². The Hall–Kier alpha value is -0.530. The van der Waals surface area contributed by atoms with E-state index in [0.29, 0.717) is 13.0 Å². The molecule has 0 saturated heterocycles. The molecule has 0 bridgehead atoms. The van der Waals surface area contributed by atoms with Crippen molar-refractivity contribution in [3.63, 3.8) is 0 Å². The lowest BCUT2D eigenvalue weighted by molar-refractivity contribution is -0.143. The number of rotatable bonds is 29. The molecule has 0 saturated carbocycles. The average molecular weight is 495 g/mol. The molecule has 210 valence electrons. The SMILES string of the molecule is CCCCCCCCCCCCOC(=O)CCCCCCCCCC(C)CCCCCCCCC. The molecular formula is C33H66O2. The van der Waals surface area contributed by atoms with Gasteiger partial charge in [0.2, 0.25) is 0 Å². The summed E-state index contributed by atoms with van der Waals surface area (Å²) >= 11 is 0. The van der Waals surface area contributed by atoms with Crippen LogP contribution in [0.25, 0.3) is 0 Å². The molecule has 2 heteroatoms. The zero-order valence-electron chi connectivity index (χ0n) is 24.7. The third kappa shape index (κ3) is 29.6. The summed E-state index contributed by atoms with van der Waals surface area (Å²) in [5.41, 5.74) is 0. The van der Waals surface area contributed by atoms with E-state index in [0.717, 1.165) is 18.8 Å². The Balaban J connectivity index is 3.23. The van der Waals surface area contributed by atoms with Gasteiger partial charge in [0.15, 0.2) is 0 Å². The van der Waals surface area contributed by atoms with Gasteiger partial charge in [-0.2, -0.15) is 0 Å². The van der Waals surface area contributed by atoms with Crippen LogP contribution in [0, 0.1) is 5.92 Å². The summed E-state index contributed by atoms with van der Waals surface area (Å²) in [5.74, 6) is 0.938. The minimum absolute atomic E-state index is 0.0240. The van der Waals surface area contributed by atoms with Crippen LogP contribution in [0.2, 0.25) is 0 Å². The van der Waals surface area contributed by atoms with Gasteiger partial charge in [0, 0.05) is 6.42 Å². The second-order valence-corrected chi connectivity index (χ2v) is 11.4. The first-order chi connectivity index (χ1) is 17.2. The zero-order chi connectivity index (χ0) is 25.7. The fourth-order valence-corrected chi connectivity index (χ4v) is 5.09. The molecule has 1 unspecified atom stereocenters. The lowest BCUT2D eigenvalue weighted by Crippen LogP contribution is -2.05. The highest BCUT2D eigenvalue weighted by atomic mass is 16.5. The van der Waals surface area contributed by atoms with Gasteiger partial charge in [-0.15, -0.1) is 0 Å². The van der Waals surface area contributed by atoms with Crippen LogP contribution >= 0.6 is 0 Å². The van der Waals surface area contributed by atoms with Crippen molar-refractivity contribution in [3.8, 4) is 0 Å². The smallest absolute Gasteiger partial charge is 0.305 e. The molecule has 0 fully saturated rings. The predicted octanol–water partition coefficient (Wildman–Crippen LogP) is 11.7. The lowest BCUT2D eigenvalue weighted by atomic mass is 9.96. The van der Waals surface area contributed by atoms with Crippen molar-refractivity contribution < 1.29 is 9.53 Å². The first-order valence-corrected chi connectivity index (χ1v) is 16.4. The maximum absolute atomic E-state index is 11.9. The summed E-state index contributed by atoms with van der Waals surface area (Å²) in [4.78, 5) is 11.9. The lowest BCUT2D eigenvalue weighted by Gasteiger charge is -2.11. The molecule has 0 aliphatic rings. The Labute approximate surface area is 222 Å². The molecule has 0 aliphatic carbocycles. The summed E-state index contributed by atoms with van der Waals surface area (Å²) in [5, 5.41) is 0. The van der Waals surface area contributed by atoms with Crippen molar-refractivity contribution >= 4 is 5.97 Å². The predicted molar refractivity (Wildman–Crippen MR) is 156 cm³/mol. The van der Waals surface area contributed by atoms with Crippen LogP contribution in [0.4, 0.5) is 0 Å². The Bertz CT molecular complexity index is 406. The van der Waals surface area contributed by atoms with Crippen molar-refractivity contribution in [2.24, 2.45) is 5.92 Å². The fourth-order valence-electron chi connectivity index (χ4n) is 5.09. The number of esters is 1. The Morgan fingerprint density at radius 1 is 0.486 bits per heavy atom. The first-order valence-electron chi connectivity index (χ1n) is 16.4. The second-order valence-electron chi connectivity index (χ2n) is 11.4. The highest BCUT2D eigenvalue weighted by Gasteiger charge is 2.04. The van der Waals surface area contributed by atoms with Crippen molar-refractivity contribution in [2.45, 2.75) is 194 Å². The molecule has 0 amide bonds. The number of ether oxygens (including phenoxy) is 1. The molecule has 0 aromatic heterocycles. The van der Waals surface area contributed by atoms with Gasteiger partial charge in [-0.25, -0.2) is 0 Å². The van der Waals surface area contributed by atoms with Crippen LogP contribution in [0.15, 0.2) is 0 Å². The van der Waals surface area contributed by atoms with Crippen molar-refractivity contribution in [1.82, 2.24) is 0 Å². The number of hydrogen-bond donors (Lipinski definition) is 0. The van der Waals surface area contributed by atoms with Crippen molar-refractivity contribution in [3.05, 3.63) is 0 Å². The second kappa shape index (κ2) is 29.7. The minimum atomic E-state index is 0.0240. The van der Waals surface area contributed by atoms with E-state index in [4.69, 9.17) is 4.74 Å². The van der Waals surface area contributed by atoms with E-state index in [1.807, 2.05) is 0 Å². The first kappa shape index (κ1) is 34.5. The molecule has 0 N–H and O–H groups in total. The molecular weight excluding hydrogens is 428 g/mol. The minimum Gasteiger partial charge on any atom is -0.466 e. The topological polar surface area (TPSA) is 26.3 Å². The van der Waals surface area contributed by atoms with Gasteiger partial charge in [0.05, 0.1) is 6.61 Å². The van der Waals surface area contributed by atoms with Gasteiger partial charge >= 0.3 is 5.97 Å². The Morgan fingerprint density at radius 3 is 1.26 bits per heavy atom. The molecule has 35 heavy (non-hydrogen) atoms. The summed E-state index contributed by atoms with van der Waals surface area (Å²) in [6, 6.07) is 0. The van der Waals surface area contributed by atoms with E-state index in [1.54, 1.807) is 0 Å². The van der Waals surface area contributed by atoms with E-state index in [2.05, 4.69) is 20.8 Å². The van der Waals surface area contributed by atoms with Gasteiger partial charge in [0.25, 0.3) is 0 Å². The summed E-state index contributed by atoms with van der Waals surface area (Å²) in [7, 11) is 0. The zero-order valence-corrected chi connectivity index (χ0v) is 24.7. The molecule has 0 spiro atoms. The summed E-state index contributed by atoms with van der Waals surface area (Å²) in [6.07, 6.45) is 35.6. The van der Waals surface area contributed by atoms with Crippen LogP contribution in [-0.2, 0) is 9.53 Å². The van der Waals surface area contributed by atoms with E-state index in [1.165, 1.54) is 154 Å². The monoisotopic (exact) mass is 495 g/mol. The molecule has 1 atom stereocenters. The third-order valence-electron chi connectivity index (χ3n) is 7.64. The number of unbranched alkanes of at least 4 members (excludes halogenated alkanes) is 21. The summed E-state index contributed by atoms with van der Waals surface area (Å²) < 4.78 is 5.41. The summed E-state index contributed by atoms with van der Waals surface area (Å²) in [6.45, 7) is 7.65. The quantitative estimate of drug-likeness (QED) is 0.0763. The highest BCUT2D eigenvalue weighted by Crippen LogP contribution is 2.19. The molecule has 0 aromatic carbocycles. The number of carbonyl (C=O) groups is 1. The standard InChI is InChI=1S/C33H66O2/c1-4-6-8-10-12-13-14-19-23-27-31-35-33(34)30-26-22-18-15-17-21-25-29-32(3)28-24-20-16-11-9-7-5-2/h32H,4-31H2,1-3H3. The van der Waals surface area contributed by atoms with E-state index in [-0.39, 0.29) is 5.97 Å². The molecule has 0 rings (SSSR count). The normalized spacial score (nSPS) is 12.2. The van der Waals surface area contributed by atoms with Crippen LogP contribution in [0.1, 0.15) is 194 Å². The molecule has 0 radical (unpaired) electrons. The molecule has 0 aromatic rings. The van der Waals surface area contributed by atoms with Gasteiger partial charge in [-0.3, -0.25) is 4.79 Å². The van der Waals surface area contributed by atoms with Crippen molar-refractivity contribution in [2.75, 3.05) is 6.61 Å². The largest absolute Gasteiger partial charge is 0.466 e. The Kier molecular flexibility index (Phi) is 29.2. The van der Waals surface area contributed by atoms with Crippen LogP contribution in [0.5, 0.6) is 0 Å². The average Bonchev–Trinajstić information content (AvgIpc) is 2.85. The molecule has 2 nitrogen and oxygen atoms in total. The van der Waals surface area contributed by atoms with Crippen LogP contribution in [-0.4, -0.2) is 12.6 Å². The third-order valence-corrected chi connectivity index (χ3v) is 7.64. The van der Waals surface area contributed by atoms with E-state index >= 15 is 0 Å².